The molecule has 5 aromatic rings. The van der Waals surface area contributed by atoms with Gasteiger partial charge in [-0.25, -0.2) is 0 Å². The molecular formula is C31H26O2S. The number of fused-ring (bicyclic) bond motifs is 4. The Hall–Kier alpha value is -3.56. The van der Waals surface area contributed by atoms with Crippen LogP contribution in [0.1, 0.15) is 52.0 Å². The molecule has 0 bridgehead atoms. The van der Waals surface area contributed by atoms with E-state index in [1.807, 2.05) is 72.8 Å². The molecule has 34 heavy (non-hydrogen) atoms. The van der Waals surface area contributed by atoms with Crippen molar-refractivity contribution in [2.75, 3.05) is 0 Å². The van der Waals surface area contributed by atoms with E-state index in [-0.39, 0.29) is 11.2 Å². The third kappa shape index (κ3) is 3.97. The van der Waals surface area contributed by atoms with E-state index >= 15 is 0 Å². The fourth-order valence-corrected chi connectivity index (χ4v) is 5.88. The molecule has 0 spiro atoms. The highest BCUT2D eigenvalue weighted by Crippen LogP contribution is 2.29. The van der Waals surface area contributed by atoms with E-state index in [2.05, 4.69) is 26.0 Å². The van der Waals surface area contributed by atoms with Crippen LogP contribution in [-0.2, 0) is 19.3 Å². The zero-order valence-electron chi connectivity index (χ0n) is 19.4. The van der Waals surface area contributed by atoms with Gasteiger partial charge in [-0.3, -0.25) is 9.59 Å². The van der Waals surface area contributed by atoms with E-state index in [0.717, 1.165) is 61.7 Å². The second-order valence-corrected chi connectivity index (χ2v) is 9.64. The molecule has 1 aliphatic rings. The van der Waals surface area contributed by atoms with Crippen LogP contribution < -0.4 is 5.43 Å². The van der Waals surface area contributed by atoms with Gasteiger partial charge in [0.1, 0.15) is 0 Å². The van der Waals surface area contributed by atoms with Gasteiger partial charge >= 0.3 is 0 Å². The molecule has 1 aliphatic carbocycles. The Kier molecular flexibility index (Phi) is 6.12. The third-order valence-corrected chi connectivity index (χ3v) is 7.77. The van der Waals surface area contributed by atoms with Gasteiger partial charge in [0.05, 0.1) is 0 Å². The molecule has 1 aromatic heterocycles. The molecule has 0 aliphatic heterocycles. The number of carbonyl (C=O) groups is 1. The van der Waals surface area contributed by atoms with E-state index in [4.69, 9.17) is 0 Å². The van der Waals surface area contributed by atoms with Crippen molar-refractivity contribution < 1.29 is 4.79 Å². The predicted molar refractivity (Wildman–Crippen MR) is 143 cm³/mol. The van der Waals surface area contributed by atoms with E-state index in [9.17, 15) is 9.59 Å². The minimum Gasteiger partial charge on any atom is -0.289 e. The zero-order valence-corrected chi connectivity index (χ0v) is 20.2. The van der Waals surface area contributed by atoms with Gasteiger partial charge in [0.25, 0.3) is 0 Å². The molecule has 0 atom stereocenters. The van der Waals surface area contributed by atoms with Crippen LogP contribution in [0.15, 0.2) is 89.7 Å². The van der Waals surface area contributed by atoms with Crippen molar-refractivity contribution in [1.82, 2.24) is 0 Å². The summed E-state index contributed by atoms with van der Waals surface area (Å²) in [6.45, 7) is 4.29. The molecular weight excluding hydrogens is 436 g/mol. The Morgan fingerprint density at radius 1 is 0.706 bits per heavy atom. The molecule has 0 amide bonds. The van der Waals surface area contributed by atoms with Gasteiger partial charge in [-0.05, 0) is 59.7 Å². The molecule has 0 saturated carbocycles. The van der Waals surface area contributed by atoms with Crippen molar-refractivity contribution in [3.05, 3.63) is 129 Å². The topological polar surface area (TPSA) is 34.1 Å². The van der Waals surface area contributed by atoms with Crippen molar-refractivity contribution in [3.63, 3.8) is 0 Å². The molecule has 168 valence electrons. The maximum Gasteiger partial charge on any atom is 0.195 e. The van der Waals surface area contributed by atoms with E-state index in [1.165, 1.54) is 11.1 Å². The fraction of sp³-hybridized carbons (Fsp3) is 0.161. The second-order valence-electron chi connectivity index (χ2n) is 8.59. The predicted octanol–water partition coefficient (Wildman–Crippen LogP) is 7.36. The van der Waals surface area contributed by atoms with Gasteiger partial charge in [-0.2, -0.15) is 0 Å². The summed E-state index contributed by atoms with van der Waals surface area (Å²) in [6, 6.07) is 27.9. The van der Waals surface area contributed by atoms with Crippen LogP contribution in [0.3, 0.4) is 0 Å². The summed E-state index contributed by atoms with van der Waals surface area (Å²) in [6.07, 6.45) is 2.82. The first-order chi connectivity index (χ1) is 16.6. The number of hydrogen-bond acceptors (Lipinski definition) is 3. The molecule has 6 rings (SSSR count). The van der Waals surface area contributed by atoms with Crippen molar-refractivity contribution in [3.8, 4) is 0 Å². The monoisotopic (exact) mass is 462 g/mol. The highest BCUT2D eigenvalue weighted by atomic mass is 32.1. The number of hydrogen-bond donors (Lipinski definition) is 0. The van der Waals surface area contributed by atoms with Gasteiger partial charge in [0.15, 0.2) is 11.2 Å². The van der Waals surface area contributed by atoms with Gasteiger partial charge in [-0.15, -0.1) is 11.3 Å². The number of rotatable bonds is 2. The maximum atomic E-state index is 12.6. The van der Waals surface area contributed by atoms with Crippen LogP contribution in [0.2, 0.25) is 0 Å². The van der Waals surface area contributed by atoms with E-state index < -0.39 is 0 Å². The summed E-state index contributed by atoms with van der Waals surface area (Å²) >= 11 is 1.74. The standard InChI is InChI=1S/C17H16OS.C14H10O/c1-3-11-9-12(4-2)17-14(10-11)16(18)13-7-5-6-8-15(13)19-17;15-14-12-7-3-1-5-10(12)9-11-6-2-4-8-13(11)14/h5-10H,3-4H2,1-2H3;1-8H,9H2. The normalized spacial score (nSPS) is 12.1. The lowest BCUT2D eigenvalue weighted by Gasteiger charge is -2.17. The van der Waals surface area contributed by atoms with Crippen LogP contribution in [-0.4, -0.2) is 5.78 Å². The summed E-state index contributed by atoms with van der Waals surface area (Å²) in [4.78, 5) is 24.7. The van der Waals surface area contributed by atoms with Crippen molar-refractivity contribution in [1.29, 1.82) is 0 Å². The first-order valence-electron chi connectivity index (χ1n) is 11.8. The fourth-order valence-electron chi connectivity index (χ4n) is 4.65. The average molecular weight is 463 g/mol. The number of ketones is 1. The largest absolute Gasteiger partial charge is 0.289 e. The quantitative estimate of drug-likeness (QED) is 0.252. The highest BCUT2D eigenvalue weighted by molar-refractivity contribution is 7.24. The Morgan fingerprint density at radius 2 is 1.32 bits per heavy atom. The Morgan fingerprint density at radius 3 is 1.97 bits per heavy atom. The minimum absolute atomic E-state index is 0.160. The summed E-state index contributed by atoms with van der Waals surface area (Å²) in [5.74, 6) is 0.160. The molecule has 0 N–H and O–H groups in total. The molecule has 0 fully saturated rings. The Balaban J connectivity index is 0.000000145. The summed E-state index contributed by atoms with van der Waals surface area (Å²) in [5, 5.41) is 1.73. The first-order valence-corrected chi connectivity index (χ1v) is 12.6. The summed E-state index contributed by atoms with van der Waals surface area (Å²) in [7, 11) is 0. The lowest BCUT2D eigenvalue weighted by Crippen LogP contribution is -2.14. The van der Waals surface area contributed by atoms with Crippen molar-refractivity contribution in [2.24, 2.45) is 0 Å². The van der Waals surface area contributed by atoms with Gasteiger partial charge < -0.3 is 0 Å². The van der Waals surface area contributed by atoms with Crippen molar-refractivity contribution >= 4 is 37.3 Å². The highest BCUT2D eigenvalue weighted by Gasteiger charge is 2.21. The van der Waals surface area contributed by atoms with Crippen LogP contribution in [0, 0.1) is 0 Å². The van der Waals surface area contributed by atoms with E-state index in [0.29, 0.717) is 0 Å². The molecule has 4 aromatic carbocycles. The van der Waals surface area contributed by atoms with Gasteiger partial charge in [0.2, 0.25) is 0 Å². The summed E-state index contributed by atoms with van der Waals surface area (Å²) in [5.41, 5.74) is 6.72. The van der Waals surface area contributed by atoms with Crippen LogP contribution in [0.5, 0.6) is 0 Å². The SMILES string of the molecule is CCc1cc(CC)c2sc3ccccc3c(=O)c2c1.O=C1c2ccccc2Cc2ccccc21. The molecule has 2 nitrogen and oxygen atoms in total. The second kappa shape index (κ2) is 9.36. The molecule has 0 unspecified atom stereocenters. The summed E-state index contributed by atoms with van der Waals surface area (Å²) < 4.78 is 2.24. The first kappa shape index (κ1) is 22.2. The molecule has 0 saturated heterocycles. The van der Waals surface area contributed by atoms with Crippen molar-refractivity contribution in [2.45, 2.75) is 33.1 Å². The number of aryl methyl sites for hydroxylation is 2. The molecule has 3 heteroatoms. The van der Waals surface area contributed by atoms with Crippen LogP contribution in [0.4, 0.5) is 0 Å². The Bertz CT molecular complexity index is 1550. The van der Waals surface area contributed by atoms with Crippen LogP contribution >= 0.6 is 11.3 Å². The smallest absolute Gasteiger partial charge is 0.195 e. The van der Waals surface area contributed by atoms with Crippen LogP contribution in [0.25, 0.3) is 20.2 Å². The molecule has 1 heterocycles. The molecule has 0 radical (unpaired) electrons. The zero-order chi connectivity index (χ0) is 23.7. The lowest BCUT2D eigenvalue weighted by molar-refractivity contribution is 0.103. The third-order valence-electron chi connectivity index (χ3n) is 6.51. The Labute approximate surface area is 203 Å². The van der Waals surface area contributed by atoms with Gasteiger partial charge in [0, 0.05) is 31.3 Å². The number of carbonyl (C=O) groups excluding carboxylic acids is 1. The van der Waals surface area contributed by atoms with Gasteiger partial charge in [-0.1, -0.05) is 80.6 Å². The maximum absolute atomic E-state index is 12.6. The average Bonchev–Trinajstić information content (AvgIpc) is 2.89. The lowest BCUT2D eigenvalue weighted by atomic mass is 9.85. The van der Waals surface area contributed by atoms with E-state index in [1.54, 1.807) is 11.3 Å². The number of benzene rings is 4. The minimum atomic E-state index is 0.160.